The van der Waals surface area contributed by atoms with E-state index in [-0.39, 0.29) is 11.3 Å². The number of amides is 2. The molecule has 2 amide bonds. The molecule has 0 aliphatic rings. The van der Waals surface area contributed by atoms with Crippen LogP contribution in [0.5, 0.6) is 0 Å². The Labute approximate surface area is 123 Å². The van der Waals surface area contributed by atoms with Gasteiger partial charge in [-0.25, -0.2) is 9.59 Å². The van der Waals surface area contributed by atoms with E-state index in [1.54, 1.807) is 6.92 Å². The number of aromatic carboxylic acids is 1. The Bertz CT molecular complexity index is 660. The molecule has 110 valence electrons. The van der Waals surface area contributed by atoms with Gasteiger partial charge in [0.25, 0.3) is 0 Å². The van der Waals surface area contributed by atoms with E-state index in [0.717, 1.165) is 0 Å². The van der Waals surface area contributed by atoms with Gasteiger partial charge in [0, 0.05) is 5.02 Å². The molecule has 4 N–H and O–H groups in total. The minimum atomic E-state index is -1.17. The van der Waals surface area contributed by atoms with Crippen molar-refractivity contribution in [2.75, 3.05) is 5.32 Å². The van der Waals surface area contributed by atoms with Crippen LogP contribution in [0.4, 0.5) is 10.5 Å². The highest BCUT2D eigenvalue weighted by Crippen LogP contribution is 2.21. The lowest BCUT2D eigenvalue weighted by Crippen LogP contribution is -2.32. The first-order valence-corrected chi connectivity index (χ1v) is 6.19. The summed E-state index contributed by atoms with van der Waals surface area (Å²) in [6.07, 6.45) is 0. The molecule has 9 nitrogen and oxygen atoms in total. The van der Waals surface area contributed by atoms with E-state index in [4.69, 9.17) is 16.7 Å². The maximum atomic E-state index is 11.9. The van der Waals surface area contributed by atoms with E-state index >= 15 is 0 Å². The number of tetrazole rings is 1. The van der Waals surface area contributed by atoms with Crippen molar-refractivity contribution in [3.05, 3.63) is 34.6 Å². The summed E-state index contributed by atoms with van der Waals surface area (Å²) in [5.74, 6) is -0.872. The van der Waals surface area contributed by atoms with Gasteiger partial charge in [-0.2, -0.15) is 5.21 Å². The molecule has 2 rings (SSSR count). The molecule has 1 aromatic carbocycles. The predicted molar refractivity (Wildman–Crippen MR) is 73.2 cm³/mol. The number of halogens is 1. The average molecular weight is 311 g/mol. The molecule has 1 aromatic heterocycles. The number of hydrogen-bond donors (Lipinski definition) is 4. The number of urea groups is 1. The van der Waals surface area contributed by atoms with Gasteiger partial charge in [-0.05, 0) is 25.1 Å². The SMILES string of the molecule is CC(NC(=O)Nc1cc(Cl)ccc1C(=O)O)c1nn[nH]n1. The Morgan fingerprint density at radius 3 is 2.81 bits per heavy atom. The molecule has 2 aromatic rings. The van der Waals surface area contributed by atoms with Gasteiger partial charge in [-0.3, -0.25) is 0 Å². The number of H-pyrrole nitrogens is 1. The van der Waals surface area contributed by atoms with Crippen molar-refractivity contribution < 1.29 is 14.7 Å². The van der Waals surface area contributed by atoms with Crippen LogP contribution in [0.2, 0.25) is 5.02 Å². The molecule has 0 spiro atoms. The number of nitrogens with one attached hydrogen (secondary N) is 3. The molecule has 0 radical (unpaired) electrons. The Kier molecular flexibility index (Phi) is 4.33. The molecular weight excluding hydrogens is 300 g/mol. The second kappa shape index (κ2) is 6.18. The molecule has 0 bridgehead atoms. The van der Waals surface area contributed by atoms with Crippen molar-refractivity contribution in [1.29, 1.82) is 0 Å². The summed E-state index contributed by atoms with van der Waals surface area (Å²) in [7, 11) is 0. The van der Waals surface area contributed by atoms with E-state index in [2.05, 4.69) is 31.3 Å². The van der Waals surface area contributed by atoms with Crippen molar-refractivity contribution in [2.45, 2.75) is 13.0 Å². The van der Waals surface area contributed by atoms with Crippen LogP contribution in [0.25, 0.3) is 0 Å². The molecule has 1 unspecified atom stereocenters. The van der Waals surface area contributed by atoms with Crippen LogP contribution in [-0.2, 0) is 0 Å². The first-order valence-electron chi connectivity index (χ1n) is 5.81. The number of carbonyl (C=O) groups is 2. The summed E-state index contributed by atoms with van der Waals surface area (Å²) < 4.78 is 0. The Morgan fingerprint density at radius 1 is 1.43 bits per heavy atom. The largest absolute Gasteiger partial charge is 0.478 e. The van der Waals surface area contributed by atoms with E-state index in [1.165, 1.54) is 18.2 Å². The van der Waals surface area contributed by atoms with Gasteiger partial charge >= 0.3 is 12.0 Å². The van der Waals surface area contributed by atoms with Crippen molar-refractivity contribution in [2.24, 2.45) is 0 Å². The normalized spacial score (nSPS) is 11.7. The Hall–Kier alpha value is -2.68. The third-order valence-electron chi connectivity index (χ3n) is 2.56. The minimum absolute atomic E-state index is 0.0678. The molecular formula is C11H11ClN6O3. The number of carboxylic acid groups (broad SMARTS) is 1. The third kappa shape index (κ3) is 3.66. The molecule has 0 saturated heterocycles. The van der Waals surface area contributed by atoms with Gasteiger partial charge in [0.2, 0.25) is 0 Å². The Balaban J connectivity index is 2.09. The summed E-state index contributed by atoms with van der Waals surface area (Å²) in [4.78, 5) is 22.9. The number of hydrogen-bond acceptors (Lipinski definition) is 5. The molecule has 1 atom stereocenters. The van der Waals surface area contributed by atoms with Crippen LogP contribution in [0, 0.1) is 0 Å². The molecule has 1 heterocycles. The lowest BCUT2D eigenvalue weighted by molar-refractivity contribution is 0.0698. The van der Waals surface area contributed by atoms with Crippen LogP contribution in [0.1, 0.15) is 29.1 Å². The van der Waals surface area contributed by atoms with Crippen molar-refractivity contribution >= 4 is 29.3 Å². The van der Waals surface area contributed by atoms with Gasteiger partial charge < -0.3 is 15.7 Å². The van der Waals surface area contributed by atoms with Crippen molar-refractivity contribution in [1.82, 2.24) is 25.9 Å². The fraction of sp³-hybridized carbons (Fsp3) is 0.182. The van der Waals surface area contributed by atoms with Gasteiger partial charge in [0.05, 0.1) is 17.3 Å². The smallest absolute Gasteiger partial charge is 0.337 e. The minimum Gasteiger partial charge on any atom is -0.478 e. The highest BCUT2D eigenvalue weighted by Gasteiger charge is 2.16. The van der Waals surface area contributed by atoms with E-state index in [9.17, 15) is 9.59 Å². The number of carboxylic acids is 1. The summed E-state index contributed by atoms with van der Waals surface area (Å²) in [6.45, 7) is 1.65. The van der Waals surface area contributed by atoms with E-state index < -0.39 is 18.0 Å². The number of carbonyl (C=O) groups excluding carboxylic acids is 1. The van der Waals surface area contributed by atoms with Crippen molar-refractivity contribution in [3.63, 3.8) is 0 Å². The lowest BCUT2D eigenvalue weighted by atomic mass is 10.2. The molecule has 0 saturated carbocycles. The fourth-order valence-corrected chi connectivity index (χ4v) is 1.75. The number of benzene rings is 1. The third-order valence-corrected chi connectivity index (χ3v) is 2.79. The second-order valence-electron chi connectivity index (χ2n) is 4.09. The maximum Gasteiger partial charge on any atom is 0.337 e. The summed E-state index contributed by atoms with van der Waals surface area (Å²) in [5.41, 5.74) is 0.0228. The Morgan fingerprint density at radius 2 is 2.19 bits per heavy atom. The van der Waals surface area contributed by atoms with Gasteiger partial charge in [-0.1, -0.05) is 16.8 Å². The number of aromatic nitrogens is 4. The topological polar surface area (TPSA) is 133 Å². The molecule has 0 fully saturated rings. The lowest BCUT2D eigenvalue weighted by Gasteiger charge is -2.13. The monoisotopic (exact) mass is 310 g/mol. The van der Waals surface area contributed by atoms with Gasteiger partial charge in [0.1, 0.15) is 0 Å². The zero-order chi connectivity index (χ0) is 15.4. The summed E-state index contributed by atoms with van der Waals surface area (Å²) in [6, 6.07) is 2.97. The molecule has 21 heavy (non-hydrogen) atoms. The second-order valence-corrected chi connectivity index (χ2v) is 4.52. The highest BCUT2D eigenvalue weighted by molar-refractivity contribution is 6.31. The zero-order valence-corrected chi connectivity index (χ0v) is 11.5. The van der Waals surface area contributed by atoms with Crippen molar-refractivity contribution in [3.8, 4) is 0 Å². The average Bonchev–Trinajstić information content (AvgIpc) is 2.91. The van der Waals surface area contributed by atoms with Gasteiger partial charge in [-0.15, -0.1) is 10.2 Å². The predicted octanol–water partition coefficient (Wildman–Crippen LogP) is 1.43. The number of nitrogens with zero attached hydrogens (tertiary/aromatic N) is 3. The van der Waals surface area contributed by atoms with Crippen LogP contribution in [0.15, 0.2) is 18.2 Å². The molecule has 0 aliphatic carbocycles. The first-order chi connectivity index (χ1) is 9.97. The van der Waals surface area contributed by atoms with Crippen LogP contribution < -0.4 is 10.6 Å². The first kappa shape index (κ1) is 14.7. The highest BCUT2D eigenvalue weighted by atomic mass is 35.5. The quantitative estimate of drug-likeness (QED) is 0.675. The molecule has 10 heteroatoms. The number of aromatic amines is 1. The fourth-order valence-electron chi connectivity index (χ4n) is 1.58. The zero-order valence-electron chi connectivity index (χ0n) is 10.8. The summed E-state index contributed by atoms with van der Waals surface area (Å²) >= 11 is 5.79. The number of rotatable bonds is 4. The summed E-state index contributed by atoms with van der Waals surface area (Å²) in [5, 5.41) is 27.4. The van der Waals surface area contributed by atoms with E-state index in [1.807, 2.05) is 0 Å². The number of anilines is 1. The van der Waals surface area contributed by atoms with Gasteiger partial charge in [0.15, 0.2) is 5.82 Å². The van der Waals surface area contributed by atoms with E-state index in [0.29, 0.717) is 10.8 Å². The van der Waals surface area contributed by atoms with Crippen LogP contribution in [0.3, 0.4) is 0 Å². The molecule has 0 aliphatic heterocycles. The van der Waals surface area contributed by atoms with Crippen LogP contribution in [-0.4, -0.2) is 37.7 Å². The van der Waals surface area contributed by atoms with Crippen LogP contribution >= 0.6 is 11.6 Å². The standard InChI is InChI=1S/C11H11ClN6O3/c1-5(9-15-17-18-16-9)13-11(21)14-8-4-6(12)2-3-7(8)10(19)20/h2-5H,1H3,(H,19,20)(H2,13,14,21)(H,15,16,17,18). The maximum absolute atomic E-state index is 11.9.